The molecule has 0 saturated carbocycles. The molecule has 0 aliphatic rings. The molecule has 0 bridgehead atoms. The summed E-state index contributed by atoms with van der Waals surface area (Å²) < 4.78 is 12.9. The SMILES string of the molecule is CCCCn1c(Cc2cc(OC)ccc2OC)nc2c(Cl)ncnc21. The Balaban J connectivity index is 2.07. The Kier molecular flexibility index (Phi) is 5.38. The second-order valence-corrected chi connectivity index (χ2v) is 6.08. The lowest BCUT2D eigenvalue weighted by molar-refractivity contribution is 0.399. The minimum absolute atomic E-state index is 0.374. The minimum Gasteiger partial charge on any atom is -0.497 e. The van der Waals surface area contributed by atoms with E-state index in [0.29, 0.717) is 17.1 Å². The first kappa shape index (κ1) is 17.5. The smallest absolute Gasteiger partial charge is 0.165 e. The fraction of sp³-hybridized carbons (Fsp3) is 0.389. The highest BCUT2D eigenvalue weighted by Gasteiger charge is 2.17. The predicted octanol–water partition coefficient (Wildman–Crippen LogP) is 3.89. The van der Waals surface area contributed by atoms with Gasteiger partial charge in [-0.3, -0.25) is 0 Å². The number of benzene rings is 1. The molecular formula is C18H21ClN4O2. The molecule has 0 fully saturated rings. The molecule has 0 atom stereocenters. The zero-order valence-corrected chi connectivity index (χ0v) is 15.4. The molecule has 0 amide bonds. The van der Waals surface area contributed by atoms with Gasteiger partial charge in [-0.05, 0) is 24.6 Å². The molecule has 0 aliphatic carbocycles. The number of rotatable bonds is 7. The van der Waals surface area contributed by atoms with Crippen LogP contribution < -0.4 is 9.47 Å². The molecule has 2 aromatic heterocycles. The van der Waals surface area contributed by atoms with E-state index in [-0.39, 0.29) is 0 Å². The Hall–Kier alpha value is -2.34. The Morgan fingerprint density at radius 2 is 2.00 bits per heavy atom. The molecule has 7 heteroatoms. The molecule has 0 spiro atoms. The zero-order valence-electron chi connectivity index (χ0n) is 14.6. The first-order chi connectivity index (χ1) is 12.2. The Morgan fingerprint density at radius 1 is 1.16 bits per heavy atom. The number of nitrogens with zero attached hydrogens (tertiary/aromatic N) is 4. The fourth-order valence-corrected chi connectivity index (χ4v) is 3.00. The normalized spacial score (nSPS) is 11.0. The summed E-state index contributed by atoms with van der Waals surface area (Å²) in [4.78, 5) is 13.1. The van der Waals surface area contributed by atoms with Crippen molar-refractivity contribution in [3.05, 3.63) is 41.1 Å². The molecular weight excluding hydrogens is 340 g/mol. The van der Waals surface area contributed by atoms with Crippen LogP contribution in [0, 0.1) is 0 Å². The maximum atomic E-state index is 6.21. The first-order valence-electron chi connectivity index (χ1n) is 8.24. The topological polar surface area (TPSA) is 62.1 Å². The highest BCUT2D eigenvalue weighted by atomic mass is 35.5. The van der Waals surface area contributed by atoms with E-state index in [2.05, 4.69) is 21.5 Å². The Bertz CT molecular complexity index is 879. The van der Waals surface area contributed by atoms with E-state index >= 15 is 0 Å². The molecule has 3 aromatic rings. The van der Waals surface area contributed by atoms with Crippen molar-refractivity contribution in [3.8, 4) is 11.5 Å². The summed E-state index contributed by atoms with van der Waals surface area (Å²) in [7, 11) is 3.31. The number of ether oxygens (including phenoxy) is 2. The van der Waals surface area contributed by atoms with Gasteiger partial charge in [-0.1, -0.05) is 24.9 Å². The summed E-state index contributed by atoms with van der Waals surface area (Å²) in [5, 5.41) is 0.374. The van der Waals surface area contributed by atoms with Gasteiger partial charge < -0.3 is 14.0 Å². The van der Waals surface area contributed by atoms with Gasteiger partial charge in [-0.25, -0.2) is 15.0 Å². The maximum Gasteiger partial charge on any atom is 0.165 e. The van der Waals surface area contributed by atoms with E-state index in [0.717, 1.165) is 47.9 Å². The second-order valence-electron chi connectivity index (χ2n) is 5.72. The number of aromatic nitrogens is 4. The summed E-state index contributed by atoms with van der Waals surface area (Å²) in [6.45, 7) is 2.99. The highest BCUT2D eigenvalue weighted by Crippen LogP contribution is 2.28. The molecule has 0 N–H and O–H groups in total. The molecule has 6 nitrogen and oxygen atoms in total. The lowest BCUT2D eigenvalue weighted by atomic mass is 10.1. The van der Waals surface area contributed by atoms with Gasteiger partial charge in [0.25, 0.3) is 0 Å². The number of unbranched alkanes of at least 4 members (excludes halogenated alkanes) is 1. The molecule has 25 heavy (non-hydrogen) atoms. The largest absolute Gasteiger partial charge is 0.497 e. The van der Waals surface area contributed by atoms with Crippen molar-refractivity contribution in [2.24, 2.45) is 0 Å². The van der Waals surface area contributed by atoms with Gasteiger partial charge in [0, 0.05) is 18.5 Å². The molecule has 0 radical (unpaired) electrons. The third kappa shape index (κ3) is 3.54. The summed E-state index contributed by atoms with van der Waals surface area (Å²) in [6.07, 6.45) is 4.19. The molecule has 0 aliphatic heterocycles. The molecule has 1 aromatic carbocycles. The van der Waals surface area contributed by atoms with Crippen molar-refractivity contribution >= 4 is 22.8 Å². The number of methoxy groups -OCH3 is 2. The van der Waals surface area contributed by atoms with E-state index in [1.54, 1.807) is 14.2 Å². The van der Waals surface area contributed by atoms with Crippen molar-refractivity contribution in [1.29, 1.82) is 0 Å². The minimum atomic E-state index is 0.374. The van der Waals surface area contributed by atoms with Crippen molar-refractivity contribution < 1.29 is 9.47 Å². The standard InChI is InChI=1S/C18H21ClN4O2/c1-4-5-8-23-15(22-16-17(19)20-11-21-18(16)23)10-12-9-13(24-2)6-7-14(12)25-3/h6-7,9,11H,4-5,8,10H2,1-3H3. The molecule has 3 rings (SSSR count). The van der Waals surface area contributed by atoms with Crippen LogP contribution in [0.25, 0.3) is 11.2 Å². The van der Waals surface area contributed by atoms with Crippen molar-refractivity contribution in [3.63, 3.8) is 0 Å². The van der Waals surface area contributed by atoms with Gasteiger partial charge in [-0.15, -0.1) is 0 Å². The van der Waals surface area contributed by atoms with Crippen LogP contribution in [0.4, 0.5) is 0 Å². The Labute approximate surface area is 151 Å². The summed E-state index contributed by atoms with van der Waals surface area (Å²) in [6, 6.07) is 5.75. The number of halogens is 1. The quantitative estimate of drug-likeness (QED) is 0.598. The second kappa shape index (κ2) is 7.70. The predicted molar refractivity (Wildman–Crippen MR) is 97.6 cm³/mol. The number of aryl methyl sites for hydroxylation is 1. The van der Waals surface area contributed by atoms with Gasteiger partial charge in [0.2, 0.25) is 0 Å². The average Bonchev–Trinajstić information content (AvgIpc) is 2.98. The number of fused-ring (bicyclic) bond motifs is 1. The highest BCUT2D eigenvalue weighted by molar-refractivity contribution is 6.33. The van der Waals surface area contributed by atoms with Crippen LogP contribution in [0.2, 0.25) is 5.15 Å². The molecule has 2 heterocycles. The number of hydrogen-bond donors (Lipinski definition) is 0. The van der Waals surface area contributed by atoms with E-state index in [1.807, 2.05) is 18.2 Å². The van der Waals surface area contributed by atoms with E-state index in [4.69, 9.17) is 26.1 Å². The van der Waals surface area contributed by atoms with Gasteiger partial charge in [0.15, 0.2) is 10.8 Å². The molecule has 132 valence electrons. The van der Waals surface area contributed by atoms with Crippen LogP contribution >= 0.6 is 11.6 Å². The van der Waals surface area contributed by atoms with Gasteiger partial charge in [-0.2, -0.15) is 0 Å². The lowest BCUT2D eigenvalue weighted by Gasteiger charge is -2.12. The van der Waals surface area contributed by atoms with Crippen LogP contribution in [0.5, 0.6) is 11.5 Å². The first-order valence-corrected chi connectivity index (χ1v) is 8.62. The van der Waals surface area contributed by atoms with E-state index in [1.165, 1.54) is 6.33 Å². The lowest BCUT2D eigenvalue weighted by Crippen LogP contribution is -2.06. The van der Waals surface area contributed by atoms with Crippen LogP contribution in [0.3, 0.4) is 0 Å². The van der Waals surface area contributed by atoms with Crippen molar-refractivity contribution in [2.45, 2.75) is 32.7 Å². The van der Waals surface area contributed by atoms with Crippen LogP contribution in [-0.4, -0.2) is 33.7 Å². The third-order valence-electron chi connectivity index (χ3n) is 4.14. The van der Waals surface area contributed by atoms with E-state index < -0.39 is 0 Å². The van der Waals surface area contributed by atoms with Gasteiger partial charge >= 0.3 is 0 Å². The number of imidazole rings is 1. The average molecular weight is 361 g/mol. The van der Waals surface area contributed by atoms with Crippen molar-refractivity contribution in [2.75, 3.05) is 14.2 Å². The summed E-state index contributed by atoms with van der Waals surface area (Å²) in [5.74, 6) is 2.47. The van der Waals surface area contributed by atoms with E-state index in [9.17, 15) is 0 Å². The van der Waals surface area contributed by atoms with Crippen LogP contribution in [0.15, 0.2) is 24.5 Å². The number of hydrogen-bond acceptors (Lipinski definition) is 5. The zero-order chi connectivity index (χ0) is 17.8. The van der Waals surface area contributed by atoms with Crippen molar-refractivity contribution in [1.82, 2.24) is 19.5 Å². The van der Waals surface area contributed by atoms with Gasteiger partial charge in [0.1, 0.15) is 29.2 Å². The maximum absolute atomic E-state index is 6.21. The summed E-state index contributed by atoms with van der Waals surface area (Å²) >= 11 is 6.21. The third-order valence-corrected chi connectivity index (χ3v) is 4.41. The van der Waals surface area contributed by atoms with Crippen LogP contribution in [-0.2, 0) is 13.0 Å². The molecule has 0 unspecified atom stereocenters. The molecule has 0 saturated heterocycles. The van der Waals surface area contributed by atoms with Crippen LogP contribution in [0.1, 0.15) is 31.2 Å². The summed E-state index contributed by atoms with van der Waals surface area (Å²) in [5.41, 5.74) is 2.40. The monoisotopic (exact) mass is 360 g/mol. The fourth-order valence-electron chi connectivity index (χ4n) is 2.83. The Morgan fingerprint density at radius 3 is 2.72 bits per heavy atom. The van der Waals surface area contributed by atoms with Gasteiger partial charge in [0.05, 0.1) is 14.2 Å².